The maximum absolute atomic E-state index is 10.4. The minimum absolute atomic E-state index is 0.0770. The molecule has 1 aliphatic rings. The lowest BCUT2D eigenvalue weighted by Crippen LogP contribution is -2.24. The van der Waals surface area contributed by atoms with E-state index < -0.39 is 6.10 Å². The zero-order valence-electron chi connectivity index (χ0n) is 11.1. The van der Waals surface area contributed by atoms with Crippen LogP contribution < -0.4 is 4.74 Å². The van der Waals surface area contributed by atoms with Gasteiger partial charge in [-0.3, -0.25) is 0 Å². The first-order valence-electron chi connectivity index (χ1n) is 6.78. The third kappa shape index (κ3) is 3.24. The summed E-state index contributed by atoms with van der Waals surface area (Å²) in [4.78, 5) is 0. The van der Waals surface area contributed by atoms with Gasteiger partial charge in [-0.25, -0.2) is 0 Å². The minimum atomic E-state index is -0.558. The fourth-order valence-electron chi connectivity index (χ4n) is 2.25. The van der Waals surface area contributed by atoms with Crippen LogP contribution in [-0.4, -0.2) is 24.4 Å². The van der Waals surface area contributed by atoms with Gasteiger partial charge in [0.2, 0.25) is 0 Å². The summed E-state index contributed by atoms with van der Waals surface area (Å²) in [6, 6.07) is 7.66. The van der Waals surface area contributed by atoms with E-state index in [0.29, 0.717) is 19.1 Å². The number of benzene rings is 1. The molecular weight excluding hydrogens is 228 g/mol. The Balaban J connectivity index is 2.10. The molecule has 2 atom stereocenters. The van der Waals surface area contributed by atoms with Crippen molar-refractivity contribution in [2.75, 3.05) is 13.2 Å². The van der Waals surface area contributed by atoms with Gasteiger partial charge in [-0.05, 0) is 50.3 Å². The molecule has 2 unspecified atom stereocenters. The van der Waals surface area contributed by atoms with E-state index in [1.165, 1.54) is 0 Å². The lowest BCUT2D eigenvalue weighted by molar-refractivity contribution is -0.0462. The molecule has 3 nitrogen and oxygen atoms in total. The molecule has 0 heterocycles. The highest BCUT2D eigenvalue weighted by atomic mass is 16.5. The van der Waals surface area contributed by atoms with Gasteiger partial charge in [0.05, 0.1) is 12.7 Å². The molecule has 1 aliphatic carbocycles. The van der Waals surface area contributed by atoms with Crippen LogP contribution in [0.15, 0.2) is 24.3 Å². The molecule has 1 aromatic rings. The van der Waals surface area contributed by atoms with Crippen molar-refractivity contribution in [3.63, 3.8) is 0 Å². The van der Waals surface area contributed by atoms with Gasteiger partial charge < -0.3 is 14.6 Å². The number of ether oxygens (including phenoxy) is 2. The molecule has 1 N–H and O–H groups in total. The standard InChI is InChI=1S/C15H22O3/c1-3-17-13-7-5-6-12(10-13)14(16)15(18-4-2)11-8-9-11/h5-7,10-11,14-16H,3-4,8-9H2,1-2H3. The summed E-state index contributed by atoms with van der Waals surface area (Å²) in [6.07, 6.45) is 1.68. The smallest absolute Gasteiger partial charge is 0.119 e. The van der Waals surface area contributed by atoms with E-state index in [2.05, 4.69) is 0 Å². The summed E-state index contributed by atoms with van der Waals surface area (Å²) in [7, 11) is 0. The van der Waals surface area contributed by atoms with Gasteiger partial charge in [-0.2, -0.15) is 0 Å². The average Bonchev–Trinajstić information content (AvgIpc) is 3.20. The molecule has 0 aromatic heterocycles. The lowest BCUT2D eigenvalue weighted by Gasteiger charge is -2.23. The van der Waals surface area contributed by atoms with Gasteiger partial charge in [-0.1, -0.05) is 12.1 Å². The molecule has 0 bridgehead atoms. The third-order valence-electron chi connectivity index (χ3n) is 3.27. The zero-order chi connectivity index (χ0) is 13.0. The summed E-state index contributed by atoms with van der Waals surface area (Å²) in [5.41, 5.74) is 0.881. The fourth-order valence-corrected chi connectivity index (χ4v) is 2.25. The van der Waals surface area contributed by atoms with Crippen molar-refractivity contribution in [2.45, 2.75) is 38.9 Å². The van der Waals surface area contributed by atoms with Crippen molar-refractivity contribution in [3.8, 4) is 5.75 Å². The van der Waals surface area contributed by atoms with Gasteiger partial charge in [0.15, 0.2) is 0 Å². The van der Waals surface area contributed by atoms with Crippen molar-refractivity contribution in [1.82, 2.24) is 0 Å². The highest BCUT2D eigenvalue weighted by molar-refractivity contribution is 5.30. The van der Waals surface area contributed by atoms with E-state index in [9.17, 15) is 5.11 Å². The Morgan fingerprint density at radius 3 is 2.67 bits per heavy atom. The van der Waals surface area contributed by atoms with Gasteiger partial charge in [0, 0.05) is 6.61 Å². The number of hydrogen-bond acceptors (Lipinski definition) is 3. The largest absolute Gasteiger partial charge is 0.494 e. The Morgan fingerprint density at radius 2 is 2.06 bits per heavy atom. The molecule has 2 rings (SSSR count). The monoisotopic (exact) mass is 250 g/mol. The summed E-state index contributed by atoms with van der Waals surface area (Å²) < 4.78 is 11.2. The van der Waals surface area contributed by atoms with Crippen LogP contribution in [0.1, 0.15) is 38.4 Å². The van der Waals surface area contributed by atoms with Crippen LogP contribution in [0.5, 0.6) is 5.75 Å². The van der Waals surface area contributed by atoms with Crippen molar-refractivity contribution < 1.29 is 14.6 Å². The van der Waals surface area contributed by atoms with Crippen LogP contribution in [0.4, 0.5) is 0 Å². The maximum Gasteiger partial charge on any atom is 0.119 e. The predicted molar refractivity (Wildman–Crippen MR) is 70.7 cm³/mol. The Labute approximate surface area is 109 Å². The molecule has 18 heavy (non-hydrogen) atoms. The second-order valence-corrected chi connectivity index (χ2v) is 4.71. The van der Waals surface area contributed by atoms with E-state index in [1.807, 2.05) is 38.1 Å². The highest BCUT2D eigenvalue weighted by Crippen LogP contribution is 2.40. The van der Waals surface area contributed by atoms with Crippen LogP contribution in [0.25, 0.3) is 0 Å². The Kier molecular flexibility index (Phi) is 4.61. The second kappa shape index (κ2) is 6.21. The molecule has 1 saturated carbocycles. The predicted octanol–water partition coefficient (Wildman–Crippen LogP) is 2.93. The number of hydrogen-bond donors (Lipinski definition) is 1. The zero-order valence-corrected chi connectivity index (χ0v) is 11.1. The molecule has 3 heteroatoms. The van der Waals surface area contributed by atoms with Gasteiger partial charge in [-0.15, -0.1) is 0 Å². The minimum Gasteiger partial charge on any atom is -0.494 e. The Morgan fingerprint density at radius 1 is 1.28 bits per heavy atom. The lowest BCUT2D eigenvalue weighted by atomic mass is 10.0. The maximum atomic E-state index is 10.4. The fraction of sp³-hybridized carbons (Fsp3) is 0.600. The first kappa shape index (κ1) is 13.4. The average molecular weight is 250 g/mol. The number of rotatable bonds is 7. The molecule has 0 aliphatic heterocycles. The Hall–Kier alpha value is -1.06. The van der Waals surface area contributed by atoms with Crippen LogP contribution in [0.3, 0.4) is 0 Å². The molecule has 0 spiro atoms. The van der Waals surface area contributed by atoms with E-state index in [-0.39, 0.29) is 6.10 Å². The normalized spacial score (nSPS) is 18.4. The summed E-state index contributed by atoms with van der Waals surface area (Å²) in [5.74, 6) is 1.32. The molecule has 0 saturated heterocycles. The van der Waals surface area contributed by atoms with Crippen LogP contribution in [0.2, 0.25) is 0 Å². The van der Waals surface area contributed by atoms with Crippen molar-refractivity contribution in [2.24, 2.45) is 5.92 Å². The number of aliphatic hydroxyl groups is 1. The quantitative estimate of drug-likeness (QED) is 0.808. The van der Waals surface area contributed by atoms with Gasteiger partial charge in [0.1, 0.15) is 11.9 Å². The van der Waals surface area contributed by atoms with Gasteiger partial charge in [0.25, 0.3) is 0 Å². The van der Waals surface area contributed by atoms with Crippen molar-refractivity contribution in [1.29, 1.82) is 0 Å². The molecule has 0 amide bonds. The van der Waals surface area contributed by atoms with E-state index >= 15 is 0 Å². The van der Waals surface area contributed by atoms with Crippen LogP contribution in [0, 0.1) is 5.92 Å². The molecular formula is C15H22O3. The van der Waals surface area contributed by atoms with E-state index in [1.54, 1.807) is 0 Å². The summed E-state index contributed by atoms with van der Waals surface area (Å²) >= 11 is 0. The molecule has 1 aromatic carbocycles. The van der Waals surface area contributed by atoms with Crippen molar-refractivity contribution in [3.05, 3.63) is 29.8 Å². The number of aliphatic hydroxyl groups excluding tert-OH is 1. The topological polar surface area (TPSA) is 38.7 Å². The highest BCUT2D eigenvalue weighted by Gasteiger charge is 2.37. The molecule has 100 valence electrons. The summed E-state index contributed by atoms with van der Waals surface area (Å²) in [6.45, 7) is 5.20. The SMILES string of the molecule is CCOc1cccc(C(O)C(OCC)C2CC2)c1. The van der Waals surface area contributed by atoms with E-state index in [0.717, 1.165) is 24.2 Å². The third-order valence-corrected chi connectivity index (χ3v) is 3.27. The molecule has 0 radical (unpaired) electrons. The van der Waals surface area contributed by atoms with Crippen molar-refractivity contribution >= 4 is 0 Å². The van der Waals surface area contributed by atoms with Crippen LogP contribution >= 0.6 is 0 Å². The van der Waals surface area contributed by atoms with Crippen LogP contribution in [-0.2, 0) is 4.74 Å². The first-order valence-corrected chi connectivity index (χ1v) is 6.78. The first-order chi connectivity index (χ1) is 8.76. The Bertz CT molecular complexity index is 374. The molecule has 1 fully saturated rings. The second-order valence-electron chi connectivity index (χ2n) is 4.71. The van der Waals surface area contributed by atoms with E-state index in [4.69, 9.17) is 9.47 Å². The van der Waals surface area contributed by atoms with Gasteiger partial charge >= 0.3 is 0 Å². The summed E-state index contributed by atoms with van der Waals surface area (Å²) in [5, 5.41) is 10.4.